The molecule has 0 saturated carbocycles. The Morgan fingerprint density at radius 3 is 0.407 bits per heavy atom. The highest BCUT2D eigenvalue weighted by Crippen LogP contribution is 2.16. The van der Waals surface area contributed by atoms with Crippen molar-refractivity contribution in [3.63, 3.8) is 0 Å². The fourth-order valence-electron chi connectivity index (χ4n) is 7.45. The normalized spacial score (nSPS) is 10.7. The lowest BCUT2D eigenvalue weighted by atomic mass is 10.0. The average molecular weight is 757 g/mol. The van der Waals surface area contributed by atoms with Crippen LogP contribution in [0.2, 0.25) is 0 Å². The molecule has 0 aromatic heterocycles. The first-order valence-corrected chi connectivity index (χ1v) is 25.6. The van der Waals surface area contributed by atoms with Crippen molar-refractivity contribution in [1.29, 1.82) is 0 Å². The Morgan fingerprint density at radius 2 is 0.296 bits per heavy atom. The zero-order chi connectivity index (χ0) is 39.9. The number of hydrogen-bond donors (Lipinski definition) is 0. The predicted octanol–water partition coefficient (Wildman–Crippen LogP) is 21.1. The zero-order valence-electron chi connectivity index (χ0n) is 38.7. The lowest BCUT2D eigenvalue weighted by Gasteiger charge is -2.03. The Kier molecular flexibility index (Phi) is 65.5. The predicted molar refractivity (Wildman–Crippen MR) is 255 cm³/mol. The quantitative estimate of drug-likeness (QED) is 0.0429. The molecule has 0 fully saturated rings. The summed E-state index contributed by atoms with van der Waals surface area (Å²) in [5.41, 5.74) is 0. The molecule has 0 aromatic rings. The summed E-state index contributed by atoms with van der Waals surface area (Å²) in [5, 5.41) is 0. The first-order chi connectivity index (χ1) is 26.7. The second kappa shape index (κ2) is 61.4. The summed E-state index contributed by atoms with van der Waals surface area (Å²) >= 11 is 0. The summed E-state index contributed by atoms with van der Waals surface area (Å²) in [5.74, 6) is 0. The van der Waals surface area contributed by atoms with Gasteiger partial charge in [-0.25, -0.2) is 0 Å². The fourth-order valence-corrected chi connectivity index (χ4v) is 7.45. The summed E-state index contributed by atoms with van der Waals surface area (Å²) in [4.78, 5) is 0. The van der Waals surface area contributed by atoms with Crippen molar-refractivity contribution in [3.05, 3.63) is 38.0 Å². The second-order valence-electron chi connectivity index (χ2n) is 17.0. The molecular weight excluding hydrogens is 649 g/mol. The third kappa shape index (κ3) is 66.1. The lowest BCUT2D eigenvalue weighted by Crippen LogP contribution is -1.83. The van der Waals surface area contributed by atoms with E-state index in [1.807, 2.05) is 18.2 Å². The van der Waals surface area contributed by atoms with Gasteiger partial charge in [-0.15, -0.1) is 19.7 Å². The molecule has 0 heterocycles. The Labute approximate surface area is 346 Å². The number of allylic oxidation sites excluding steroid dienone is 3. The maximum atomic E-state index is 3.77. The molecule has 0 radical (unpaired) electrons. The van der Waals surface area contributed by atoms with E-state index in [0.717, 1.165) is 0 Å². The van der Waals surface area contributed by atoms with Gasteiger partial charge in [-0.05, 0) is 38.5 Å². The molecule has 0 amide bonds. The summed E-state index contributed by atoms with van der Waals surface area (Å²) in [6, 6.07) is 0. The molecule has 0 rings (SSSR count). The van der Waals surface area contributed by atoms with Crippen LogP contribution in [-0.2, 0) is 0 Å². The highest BCUT2D eigenvalue weighted by atomic mass is 14.0. The fraction of sp³-hybridized carbons (Fsp3) is 0.889. The zero-order valence-corrected chi connectivity index (χ0v) is 38.7. The Balaban J connectivity index is -0.000000727. The highest BCUT2D eigenvalue weighted by Gasteiger charge is 1.96. The number of unbranched alkanes of at least 4 members (excludes halogenated alkanes) is 42. The first-order valence-electron chi connectivity index (χ1n) is 25.6. The van der Waals surface area contributed by atoms with Crippen molar-refractivity contribution in [2.45, 2.75) is 310 Å². The van der Waals surface area contributed by atoms with Crippen LogP contribution in [0.1, 0.15) is 310 Å². The standard InChI is InChI=1S/C20H40.C18H36.C16H32/c1-3-5-7-9-11-13-15-17-19-20-18-16-14-12-10-8-6-4-2;1-3-5-7-9-11-13-15-17-18-16-14-12-10-8-6-4-2;1-3-5-7-9-11-13-15-16-14-12-10-8-6-4-2/h3H,1,4-20H2,2H3;3H,1,4-18H2,2H3;3H,1,4-16H2,2H3. The van der Waals surface area contributed by atoms with Crippen LogP contribution in [-0.4, -0.2) is 0 Å². The third-order valence-corrected chi connectivity index (χ3v) is 11.3. The molecule has 0 nitrogen and oxygen atoms in total. The van der Waals surface area contributed by atoms with Crippen LogP contribution in [0.3, 0.4) is 0 Å². The topological polar surface area (TPSA) is 0 Å². The summed E-state index contributed by atoms with van der Waals surface area (Å²) in [7, 11) is 0. The van der Waals surface area contributed by atoms with Crippen LogP contribution < -0.4 is 0 Å². The molecular formula is C54H108. The van der Waals surface area contributed by atoms with Gasteiger partial charge in [0.1, 0.15) is 0 Å². The van der Waals surface area contributed by atoms with E-state index in [4.69, 9.17) is 0 Å². The van der Waals surface area contributed by atoms with Crippen LogP contribution in [0, 0.1) is 0 Å². The van der Waals surface area contributed by atoms with Crippen molar-refractivity contribution < 1.29 is 0 Å². The summed E-state index contributed by atoms with van der Waals surface area (Å²) < 4.78 is 0. The van der Waals surface area contributed by atoms with Crippen molar-refractivity contribution >= 4 is 0 Å². The van der Waals surface area contributed by atoms with Gasteiger partial charge in [0, 0.05) is 0 Å². The lowest BCUT2D eigenvalue weighted by molar-refractivity contribution is 0.530. The maximum Gasteiger partial charge on any atom is -0.0353 e. The van der Waals surface area contributed by atoms with Crippen molar-refractivity contribution in [2.24, 2.45) is 0 Å². The molecule has 0 saturated heterocycles. The summed E-state index contributed by atoms with van der Waals surface area (Å²) in [6.45, 7) is 18.1. The minimum Gasteiger partial charge on any atom is -0.103 e. The van der Waals surface area contributed by atoms with Gasteiger partial charge in [0.05, 0.1) is 0 Å². The minimum absolute atomic E-state index is 1.21. The van der Waals surface area contributed by atoms with Gasteiger partial charge < -0.3 is 0 Å². The van der Waals surface area contributed by atoms with Crippen LogP contribution in [0.5, 0.6) is 0 Å². The average Bonchev–Trinajstić information content (AvgIpc) is 3.19. The highest BCUT2D eigenvalue weighted by molar-refractivity contribution is 4.66. The Bertz CT molecular complexity index is 616. The van der Waals surface area contributed by atoms with Crippen molar-refractivity contribution in [3.8, 4) is 0 Å². The van der Waals surface area contributed by atoms with Crippen LogP contribution in [0.15, 0.2) is 38.0 Å². The van der Waals surface area contributed by atoms with Gasteiger partial charge in [-0.3, -0.25) is 0 Å². The number of rotatable bonds is 45. The third-order valence-electron chi connectivity index (χ3n) is 11.3. The Morgan fingerprint density at radius 1 is 0.185 bits per heavy atom. The monoisotopic (exact) mass is 757 g/mol. The van der Waals surface area contributed by atoms with E-state index >= 15 is 0 Å². The van der Waals surface area contributed by atoms with Gasteiger partial charge in [-0.1, -0.05) is 289 Å². The molecule has 0 N–H and O–H groups in total. The molecule has 0 spiro atoms. The molecule has 324 valence electrons. The molecule has 0 atom stereocenters. The van der Waals surface area contributed by atoms with Gasteiger partial charge in [0.15, 0.2) is 0 Å². The molecule has 0 heteroatoms. The first kappa shape index (κ1) is 57.5. The van der Waals surface area contributed by atoms with E-state index in [2.05, 4.69) is 40.5 Å². The van der Waals surface area contributed by atoms with Gasteiger partial charge >= 0.3 is 0 Å². The van der Waals surface area contributed by atoms with E-state index in [1.165, 1.54) is 289 Å². The van der Waals surface area contributed by atoms with Gasteiger partial charge in [-0.2, -0.15) is 0 Å². The summed E-state index contributed by atoms with van der Waals surface area (Å²) in [6.07, 6.45) is 70.4. The molecule has 0 aromatic carbocycles. The molecule has 0 aliphatic heterocycles. The molecule has 54 heavy (non-hydrogen) atoms. The molecule has 0 bridgehead atoms. The second-order valence-corrected chi connectivity index (χ2v) is 17.0. The van der Waals surface area contributed by atoms with Crippen LogP contribution >= 0.6 is 0 Å². The minimum atomic E-state index is 1.21. The maximum absolute atomic E-state index is 3.77. The Hall–Kier alpha value is -0.780. The molecule has 0 aliphatic rings. The smallest absolute Gasteiger partial charge is 0.0353 e. The SMILES string of the molecule is C=CCCCCCCCCCCCCCC.C=CCCCCCCCCCCCCCCCC.C=CCCCCCCCCCCCCCCCCCC. The number of hydrogen-bond acceptors (Lipinski definition) is 0. The van der Waals surface area contributed by atoms with Gasteiger partial charge in [0.25, 0.3) is 0 Å². The van der Waals surface area contributed by atoms with E-state index < -0.39 is 0 Å². The van der Waals surface area contributed by atoms with E-state index in [-0.39, 0.29) is 0 Å². The van der Waals surface area contributed by atoms with Crippen LogP contribution in [0.25, 0.3) is 0 Å². The van der Waals surface area contributed by atoms with E-state index in [1.54, 1.807) is 0 Å². The van der Waals surface area contributed by atoms with Crippen LogP contribution in [0.4, 0.5) is 0 Å². The largest absolute Gasteiger partial charge is 0.103 e. The van der Waals surface area contributed by atoms with E-state index in [9.17, 15) is 0 Å². The molecule has 0 unspecified atom stereocenters. The van der Waals surface area contributed by atoms with E-state index in [0.29, 0.717) is 0 Å². The molecule has 0 aliphatic carbocycles. The van der Waals surface area contributed by atoms with Crippen molar-refractivity contribution in [1.82, 2.24) is 0 Å². The van der Waals surface area contributed by atoms with Crippen molar-refractivity contribution in [2.75, 3.05) is 0 Å². The van der Waals surface area contributed by atoms with Gasteiger partial charge in [0.2, 0.25) is 0 Å².